The maximum atomic E-state index is 6.04. The van der Waals surface area contributed by atoms with Gasteiger partial charge in [-0.25, -0.2) is 0 Å². The fourth-order valence-corrected chi connectivity index (χ4v) is 3.10. The minimum atomic E-state index is 0. The molecule has 26 heavy (non-hydrogen) atoms. The number of hydrogen-bond donors (Lipinski definition) is 2. The summed E-state index contributed by atoms with van der Waals surface area (Å²) in [5.41, 5.74) is 6.92. The third-order valence-electron chi connectivity index (χ3n) is 4.33. The molecule has 3 rings (SSSR count). The standard InChI is InChI=1S/C20H26N4O.HI/c1-24-12-6-7-16(15-24)14-22-20(21)23-17-8-5-11-19(13-17)25-18-9-3-2-4-10-18;/h2-5,8-11,13,16H,6-7,12,14-15H2,1H3,(H3,21,22,23);1H. The number of guanidine groups is 1. The van der Waals surface area contributed by atoms with Gasteiger partial charge in [0.05, 0.1) is 0 Å². The molecule has 6 heteroatoms. The van der Waals surface area contributed by atoms with Gasteiger partial charge in [0.2, 0.25) is 0 Å². The first kappa shape index (κ1) is 20.5. The Morgan fingerprint density at radius 2 is 1.96 bits per heavy atom. The molecule has 1 atom stereocenters. The highest BCUT2D eigenvalue weighted by Gasteiger charge is 2.16. The Balaban J connectivity index is 0.00000243. The first-order chi connectivity index (χ1) is 12.2. The number of nitrogens with zero attached hydrogens (tertiary/aromatic N) is 2. The summed E-state index contributed by atoms with van der Waals surface area (Å²) in [5.74, 6) is 2.61. The van der Waals surface area contributed by atoms with Crippen LogP contribution in [0.3, 0.4) is 0 Å². The van der Waals surface area contributed by atoms with Crippen molar-refractivity contribution in [1.29, 1.82) is 0 Å². The van der Waals surface area contributed by atoms with E-state index >= 15 is 0 Å². The molecule has 140 valence electrons. The predicted octanol–water partition coefficient (Wildman–Crippen LogP) is 4.17. The molecular formula is C20H27IN4O. The van der Waals surface area contributed by atoms with Gasteiger partial charge in [-0.1, -0.05) is 24.3 Å². The van der Waals surface area contributed by atoms with Crippen molar-refractivity contribution in [3.8, 4) is 11.5 Å². The second kappa shape index (κ2) is 10.4. The van der Waals surface area contributed by atoms with Crippen LogP contribution in [0.2, 0.25) is 0 Å². The van der Waals surface area contributed by atoms with E-state index in [1.807, 2.05) is 54.6 Å². The van der Waals surface area contributed by atoms with E-state index in [0.717, 1.165) is 30.3 Å². The van der Waals surface area contributed by atoms with Crippen LogP contribution in [-0.2, 0) is 0 Å². The lowest BCUT2D eigenvalue weighted by molar-refractivity contribution is 0.214. The van der Waals surface area contributed by atoms with Crippen LogP contribution in [0.4, 0.5) is 5.69 Å². The van der Waals surface area contributed by atoms with Gasteiger partial charge in [-0.05, 0) is 56.6 Å². The number of aliphatic imine (C=N–C) groups is 1. The topological polar surface area (TPSA) is 62.9 Å². The lowest BCUT2D eigenvalue weighted by Gasteiger charge is -2.28. The van der Waals surface area contributed by atoms with Gasteiger partial charge in [-0.3, -0.25) is 4.99 Å². The molecule has 1 aliphatic rings. The fraction of sp³-hybridized carbons (Fsp3) is 0.350. The summed E-state index contributed by atoms with van der Waals surface area (Å²) in [6.45, 7) is 3.04. The van der Waals surface area contributed by atoms with Crippen molar-refractivity contribution >= 4 is 35.6 Å². The Morgan fingerprint density at radius 1 is 1.19 bits per heavy atom. The smallest absolute Gasteiger partial charge is 0.193 e. The number of anilines is 1. The summed E-state index contributed by atoms with van der Waals surface area (Å²) in [6, 6.07) is 17.4. The number of hydrogen-bond acceptors (Lipinski definition) is 3. The fourth-order valence-electron chi connectivity index (χ4n) is 3.10. The molecule has 3 N–H and O–H groups in total. The molecule has 0 aromatic heterocycles. The van der Waals surface area contributed by atoms with Crippen molar-refractivity contribution in [2.24, 2.45) is 16.6 Å². The third kappa shape index (κ3) is 6.49. The summed E-state index contributed by atoms with van der Waals surface area (Å²) in [6.07, 6.45) is 2.46. The average Bonchev–Trinajstić information content (AvgIpc) is 2.61. The summed E-state index contributed by atoms with van der Waals surface area (Å²) in [7, 11) is 2.16. The third-order valence-corrected chi connectivity index (χ3v) is 4.33. The molecule has 1 saturated heterocycles. The van der Waals surface area contributed by atoms with E-state index in [1.165, 1.54) is 19.4 Å². The molecule has 0 amide bonds. The van der Waals surface area contributed by atoms with Crippen molar-refractivity contribution in [1.82, 2.24) is 4.90 Å². The number of halogens is 1. The highest BCUT2D eigenvalue weighted by atomic mass is 127. The largest absolute Gasteiger partial charge is 0.457 e. The Kier molecular flexibility index (Phi) is 8.18. The minimum Gasteiger partial charge on any atom is -0.457 e. The lowest BCUT2D eigenvalue weighted by atomic mass is 9.99. The quantitative estimate of drug-likeness (QED) is 0.395. The van der Waals surface area contributed by atoms with Crippen molar-refractivity contribution in [2.75, 3.05) is 32.0 Å². The molecule has 1 heterocycles. The molecule has 0 spiro atoms. The van der Waals surface area contributed by atoms with Gasteiger partial charge in [-0.15, -0.1) is 24.0 Å². The van der Waals surface area contributed by atoms with E-state index in [-0.39, 0.29) is 24.0 Å². The number of nitrogens with one attached hydrogen (secondary N) is 1. The number of nitrogens with two attached hydrogens (primary N) is 1. The van der Waals surface area contributed by atoms with Gasteiger partial charge in [0.1, 0.15) is 11.5 Å². The van der Waals surface area contributed by atoms with Crippen LogP contribution in [0.25, 0.3) is 0 Å². The van der Waals surface area contributed by atoms with E-state index in [4.69, 9.17) is 10.5 Å². The molecule has 0 saturated carbocycles. The molecule has 1 aliphatic heterocycles. The van der Waals surface area contributed by atoms with Crippen molar-refractivity contribution in [3.63, 3.8) is 0 Å². The Hall–Kier alpha value is -1.80. The molecule has 1 fully saturated rings. The second-order valence-electron chi connectivity index (χ2n) is 6.56. The van der Waals surface area contributed by atoms with Gasteiger partial charge < -0.3 is 20.7 Å². The summed E-state index contributed by atoms with van der Waals surface area (Å²) >= 11 is 0. The maximum Gasteiger partial charge on any atom is 0.193 e. The zero-order valence-corrected chi connectivity index (χ0v) is 17.4. The van der Waals surface area contributed by atoms with Crippen molar-refractivity contribution in [2.45, 2.75) is 12.8 Å². The molecule has 0 aliphatic carbocycles. The van der Waals surface area contributed by atoms with Crippen LogP contribution < -0.4 is 15.8 Å². The monoisotopic (exact) mass is 466 g/mol. The highest BCUT2D eigenvalue weighted by Crippen LogP contribution is 2.23. The van der Waals surface area contributed by atoms with Gasteiger partial charge in [0, 0.05) is 24.8 Å². The van der Waals surface area contributed by atoms with E-state index in [0.29, 0.717) is 11.9 Å². The number of piperidine rings is 1. The second-order valence-corrected chi connectivity index (χ2v) is 6.56. The predicted molar refractivity (Wildman–Crippen MR) is 119 cm³/mol. The number of para-hydroxylation sites is 1. The summed E-state index contributed by atoms with van der Waals surface area (Å²) in [5, 5.41) is 3.15. The van der Waals surface area contributed by atoms with Crippen LogP contribution in [0.15, 0.2) is 59.6 Å². The van der Waals surface area contributed by atoms with E-state index in [1.54, 1.807) is 0 Å². The zero-order valence-electron chi connectivity index (χ0n) is 15.1. The lowest BCUT2D eigenvalue weighted by Crippen LogP contribution is -2.34. The molecule has 0 bridgehead atoms. The SMILES string of the molecule is CN1CCCC(CN=C(N)Nc2cccc(Oc3ccccc3)c2)C1.I. The van der Waals surface area contributed by atoms with Crippen LogP contribution in [-0.4, -0.2) is 37.5 Å². The maximum absolute atomic E-state index is 6.04. The summed E-state index contributed by atoms with van der Waals surface area (Å²) in [4.78, 5) is 6.87. The molecular weight excluding hydrogens is 439 g/mol. The molecule has 5 nitrogen and oxygen atoms in total. The van der Waals surface area contributed by atoms with Crippen LogP contribution in [0, 0.1) is 5.92 Å². The van der Waals surface area contributed by atoms with Crippen molar-refractivity contribution in [3.05, 3.63) is 54.6 Å². The normalized spacial score (nSPS) is 18.0. The van der Waals surface area contributed by atoms with E-state index < -0.39 is 0 Å². The van der Waals surface area contributed by atoms with E-state index in [2.05, 4.69) is 22.3 Å². The first-order valence-electron chi connectivity index (χ1n) is 8.77. The molecule has 2 aromatic carbocycles. The molecule has 0 radical (unpaired) electrons. The van der Waals surface area contributed by atoms with Gasteiger partial charge in [0.15, 0.2) is 5.96 Å². The number of ether oxygens (including phenoxy) is 1. The van der Waals surface area contributed by atoms with Crippen LogP contribution in [0.1, 0.15) is 12.8 Å². The average molecular weight is 466 g/mol. The van der Waals surface area contributed by atoms with Crippen LogP contribution in [0.5, 0.6) is 11.5 Å². The highest BCUT2D eigenvalue weighted by molar-refractivity contribution is 14.0. The van der Waals surface area contributed by atoms with Crippen molar-refractivity contribution < 1.29 is 4.74 Å². The van der Waals surface area contributed by atoms with Gasteiger partial charge in [0.25, 0.3) is 0 Å². The minimum absolute atomic E-state index is 0. The molecule has 1 unspecified atom stereocenters. The summed E-state index contributed by atoms with van der Waals surface area (Å²) < 4.78 is 5.84. The number of likely N-dealkylation sites (tertiary alicyclic amines) is 1. The zero-order chi connectivity index (χ0) is 17.5. The Morgan fingerprint density at radius 3 is 2.73 bits per heavy atom. The number of benzene rings is 2. The van der Waals surface area contributed by atoms with Gasteiger partial charge >= 0.3 is 0 Å². The Bertz CT molecular complexity index is 708. The van der Waals surface area contributed by atoms with Gasteiger partial charge in [-0.2, -0.15) is 0 Å². The number of rotatable bonds is 5. The van der Waals surface area contributed by atoms with Crippen LogP contribution >= 0.6 is 24.0 Å². The van der Waals surface area contributed by atoms with E-state index in [9.17, 15) is 0 Å². The molecule has 2 aromatic rings. The Labute approximate surface area is 172 Å². The first-order valence-corrected chi connectivity index (χ1v) is 8.77.